The van der Waals surface area contributed by atoms with Crippen LogP contribution in [0.4, 0.5) is 5.82 Å². The van der Waals surface area contributed by atoms with E-state index in [2.05, 4.69) is 37.9 Å². The Bertz CT molecular complexity index is 687. The molecule has 21 heavy (non-hydrogen) atoms. The number of nitro groups is 1. The van der Waals surface area contributed by atoms with Crippen molar-refractivity contribution in [2.24, 2.45) is 7.05 Å². The van der Waals surface area contributed by atoms with Crippen LogP contribution in [0.3, 0.4) is 0 Å². The third-order valence-corrected chi connectivity index (χ3v) is 4.63. The second-order valence-corrected chi connectivity index (χ2v) is 7.10. The van der Waals surface area contributed by atoms with E-state index in [1.165, 1.54) is 23.7 Å². The predicted octanol–water partition coefficient (Wildman–Crippen LogP) is 4.09. The van der Waals surface area contributed by atoms with Crippen LogP contribution in [0, 0.1) is 17.0 Å². The van der Waals surface area contributed by atoms with Crippen molar-refractivity contribution < 1.29 is 4.92 Å². The van der Waals surface area contributed by atoms with Crippen LogP contribution in [0.25, 0.3) is 0 Å². The molecular weight excluding hydrogens is 286 g/mol. The van der Waals surface area contributed by atoms with E-state index >= 15 is 0 Å². The molecule has 6 heteroatoms. The quantitative estimate of drug-likeness (QED) is 0.633. The maximum absolute atomic E-state index is 11.0. The molecule has 0 spiro atoms. The number of hydrogen-bond donors (Lipinski definition) is 0. The second kappa shape index (κ2) is 5.52. The molecule has 0 atom stereocenters. The second-order valence-electron chi connectivity index (χ2n) is 6.07. The number of aromatic nitrogens is 2. The molecule has 0 fully saturated rings. The lowest BCUT2D eigenvalue weighted by atomic mass is 9.86. The summed E-state index contributed by atoms with van der Waals surface area (Å²) >= 11 is 1.38. The Morgan fingerprint density at radius 1 is 1.33 bits per heavy atom. The number of nitrogens with zero attached hydrogens (tertiary/aromatic N) is 3. The highest BCUT2D eigenvalue weighted by Gasteiger charge is 2.22. The number of benzene rings is 1. The molecule has 0 N–H and O–H groups in total. The minimum atomic E-state index is -0.443. The fourth-order valence-corrected chi connectivity index (χ4v) is 2.96. The molecule has 1 aromatic carbocycles. The summed E-state index contributed by atoms with van der Waals surface area (Å²) < 4.78 is 1.68. The van der Waals surface area contributed by atoms with Gasteiger partial charge in [0.15, 0.2) is 5.03 Å². The van der Waals surface area contributed by atoms with Gasteiger partial charge in [-0.05, 0) is 39.4 Å². The van der Waals surface area contributed by atoms with E-state index in [9.17, 15) is 10.1 Å². The van der Waals surface area contributed by atoms with Crippen molar-refractivity contribution in [3.8, 4) is 0 Å². The van der Waals surface area contributed by atoms with Crippen LogP contribution in [0.15, 0.2) is 34.4 Å². The summed E-state index contributed by atoms with van der Waals surface area (Å²) in [7, 11) is 1.77. The molecule has 0 aliphatic heterocycles. The first-order chi connectivity index (χ1) is 9.70. The average molecular weight is 305 g/mol. The molecule has 0 aliphatic carbocycles. The van der Waals surface area contributed by atoms with Gasteiger partial charge in [0.1, 0.15) is 0 Å². The number of hydrogen-bond acceptors (Lipinski definition) is 4. The van der Waals surface area contributed by atoms with Crippen molar-refractivity contribution in [1.82, 2.24) is 9.55 Å². The fraction of sp³-hybridized carbons (Fsp3) is 0.400. The maximum Gasteiger partial charge on any atom is 0.396 e. The largest absolute Gasteiger partial charge is 0.396 e. The Morgan fingerprint density at radius 3 is 2.52 bits per heavy atom. The van der Waals surface area contributed by atoms with Gasteiger partial charge in [0.2, 0.25) is 6.33 Å². The zero-order chi connectivity index (χ0) is 15.8. The first-order valence-corrected chi connectivity index (χ1v) is 7.46. The van der Waals surface area contributed by atoms with Crippen LogP contribution >= 0.6 is 11.8 Å². The van der Waals surface area contributed by atoms with Crippen molar-refractivity contribution in [1.29, 1.82) is 0 Å². The van der Waals surface area contributed by atoms with Gasteiger partial charge < -0.3 is 14.7 Å². The summed E-state index contributed by atoms with van der Waals surface area (Å²) in [6, 6.07) is 6.25. The van der Waals surface area contributed by atoms with Gasteiger partial charge in [-0.2, -0.15) is 0 Å². The summed E-state index contributed by atoms with van der Waals surface area (Å²) in [5.41, 5.74) is 2.46. The van der Waals surface area contributed by atoms with Crippen LogP contribution in [0.2, 0.25) is 0 Å². The molecule has 0 bridgehead atoms. The van der Waals surface area contributed by atoms with Crippen LogP contribution in [0.1, 0.15) is 31.9 Å². The van der Waals surface area contributed by atoms with E-state index in [-0.39, 0.29) is 11.2 Å². The van der Waals surface area contributed by atoms with Crippen LogP contribution in [-0.2, 0) is 12.5 Å². The Balaban J connectivity index is 2.37. The van der Waals surface area contributed by atoms with Gasteiger partial charge in [-0.15, -0.1) is 0 Å². The highest BCUT2D eigenvalue weighted by molar-refractivity contribution is 7.99. The Morgan fingerprint density at radius 2 is 2.00 bits per heavy atom. The predicted molar refractivity (Wildman–Crippen MR) is 83.9 cm³/mol. The zero-order valence-electron chi connectivity index (χ0n) is 12.9. The van der Waals surface area contributed by atoms with Crippen LogP contribution < -0.4 is 0 Å². The van der Waals surface area contributed by atoms with Crippen LogP contribution in [0.5, 0.6) is 0 Å². The van der Waals surface area contributed by atoms with Gasteiger partial charge in [-0.3, -0.25) is 0 Å². The van der Waals surface area contributed by atoms with Gasteiger partial charge >= 0.3 is 5.82 Å². The van der Waals surface area contributed by atoms with E-state index in [0.717, 1.165) is 10.5 Å². The maximum atomic E-state index is 11.0. The van der Waals surface area contributed by atoms with Gasteiger partial charge in [-0.1, -0.05) is 44.7 Å². The summed E-state index contributed by atoms with van der Waals surface area (Å²) in [5.74, 6) is -0.0956. The van der Waals surface area contributed by atoms with Crippen molar-refractivity contribution in [3.63, 3.8) is 0 Å². The lowest BCUT2D eigenvalue weighted by Gasteiger charge is -2.20. The molecule has 0 unspecified atom stereocenters. The van der Waals surface area contributed by atoms with Gasteiger partial charge in [0.05, 0.1) is 0 Å². The van der Waals surface area contributed by atoms with Crippen molar-refractivity contribution >= 4 is 17.6 Å². The summed E-state index contributed by atoms with van der Waals surface area (Å²) in [6.45, 7) is 8.53. The minimum Gasteiger partial charge on any atom is -0.358 e. The SMILES string of the molecule is Cc1cc(C(C)(C)C)ccc1Sc1c([N+](=O)[O-])ncn1C. The van der Waals surface area contributed by atoms with Gasteiger partial charge in [0, 0.05) is 11.9 Å². The molecule has 1 aromatic heterocycles. The lowest BCUT2D eigenvalue weighted by molar-refractivity contribution is -0.392. The lowest BCUT2D eigenvalue weighted by Crippen LogP contribution is -2.11. The smallest absolute Gasteiger partial charge is 0.358 e. The Kier molecular flexibility index (Phi) is 4.09. The molecule has 1 heterocycles. The average Bonchev–Trinajstić information content (AvgIpc) is 2.72. The molecule has 0 amide bonds. The third kappa shape index (κ3) is 3.26. The molecule has 5 nitrogen and oxygen atoms in total. The number of rotatable bonds is 3. The molecule has 0 saturated carbocycles. The molecule has 0 saturated heterocycles. The molecule has 2 aromatic rings. The minimum absolute atomic E-state index is 0.0898. The summed E-state index contributed by atoms with van der Waals surface area (Å²) in [5, 5.41) is 11.6. The molecule has 2 rings (SSSR count). The zero-order valence-corrected chi connectivity index (χ0v) is 13.7. The van der Waals surface area contributed by atoms with E-state index in [1.807, 2.05) is 13.0 Å². The molecule has 0 radical (unpaired) electrons. The summed E-state index contributed by atoms with van der Waals surface area (Å²) in [4.78, 5) is 15.4. The molecule has 0 aliphatic rings. The van der Waals surface area contributed by atoms with E-state index in [0.29, 0.717) is 5.03 Å². The third-order valence-electron chi connectivity index (χ3n) is 3.29. The van der Waals surface area contributed by atoms with Crippen LogP contribution in [-0.4, -0.2) is 14.5 Å². The van der Waals surface area contributed by atoms with Crippen molar-refractivity contribution in [2.45, 2.75) is 43.0 Å². The van der Waals surface area contributed by atoms with Crippen molar-refractivity contribution in [2.75, 3.05) is 0 Å². The topological polar surface area (TPSA) is 61.0 Å². The highest BCUT2D eigenvalue weighted by atomic mass is 32.2. The number of aryl methyl sites for hydroxylation is 2. The Hall–Kier alpha value is -1.82. The monoisotopic (exact) mass is 305 g/mol. The van der Waals surface area contributed by atoms with E-state index in [4.69, 9.17) is 0 Å². The van der Waals surface area contributed by atoms with E-state index in [1.54, 1.807) is 11.6 Å². The summed E-state index contributed by atoms with van der Waals surface area (Å²) in [6.07, 6.45) is 1.47. The molecule has 112 valence electrons. The van der Waals surface area contributed by atoms with Gasteiger partial charge in [0.25, 0.3) is 0 Å². The van der Waals surface area contributed by atoms with Gasteiger partial charge in [-0.25, -0.2) is 0 Å². The standard InChI is InChI=1S/C15H19N3O2S/c1-10-8-11(15(2,3)4)6-7-12(10)21-14-13(18(19)20)16-9-17(14)5/h6-9H,1-5H3. The fourth-order valence-electron chi connectivity index (χ4n) is 1.98. The number of imidazole rings is 1. The van der Waals surface area contributed by atoms with Crippen molar-refractivity contribution in [3.05, 3.63) is 45.8 Å². The first kappa shape index (κ1) is 15.6. The Labute approximate surface area is 128 Å². The first-order valence-electron chi connectivity index (χ1n) is 6.65. The van der Waals surface area contributed by atoms with E-state index < -0.39 is 4.92 Å². The highest BCUT2D eigenvalue weighted by Crippen LogP contribution is 2.36. The normalized spacial score (nSPS) is 11.7. The molecular formula is C15H19N3O2S.